The van der Waals surface area contributed by atoms with Crippen molar-refractivity contribution in [3.05, 3.63) is 49.8 Å². The molecule has 2 rings (SSSR count). The molecule has 1 heterocycles. The molecule has 0 saturated heterocycles. The number of hydrogen-bond donors (Lipinski definition) is 1. The Labute approximate surface area is 127 Å². The molecule has 0 saturated carbocycles. The Hall–Kier alpha value is -1.42. The summed E-state index contributed by atoms with van der Waals surface area (Å²) in [6.45, 7) is 8.32. The van der Waals surface area contributed by atoms with Crippen LogP contribution in [-0.2, 0) is 6.42 Å². The highest BCUT2D eigenvalue weighted by Gasteiger charge is 2.09. The van der Waals surface area contributed by atoms with E-state index in [0.717, 1.165) is 33.3 Å². The van der Waals surface area contributed by atoms with Crippen molar-refractivity contribution in [1.82, 2.24) is 9.97 Å². The van der Waals surface area contributed by atoms with Crippen LogP contribution in [0.15, 0.2) is 27.5 Å². The number of aryl methyl sites for hydroxylation is 2. The van der Waals surface area contributed by atoms with Crippen LogP contribution in [0.4, 0.5) is 0 Å². The number of nitrogens with zero attached hydrogens (tertiary/aromatic N) is 1. The predicted octanol–water partition coefficient (Wildman–Crippen LogP) is 4.01. The van der Waals surface area contributed by atoms with E-state index in [1.165, 1.54) is 0 Å². The Bertz CT molecular complexity index is 666. The molecular formula is C16H19BrN2O. The molecule has 0 aliphatic rings. The second-order valence-corrected chi connectivity index (χ2v) is 6.40. The van der Waals surface area contributed by atoms with Crippen LogP contribution in [0.1, 0.15) is 30.7 Å². The van der Waals surface area contributed by atoms with E-state index in [4.69, 9.17) is 0 Å². The SMILES string of the molecule is Cc1cc(-c2nc(CC(C)C)cc(=O)[nH]2)cc(C)c1Br. The van der Waals surface area contributed by atoms with E-state index < -0.39 is 0 Å². The molecule has 0 atom stereocenters. The quantitative estimate of drug-likeness (QED) is 0.921. The molecule has 0 fully saturated rings. The zero-order valence-electron chi connectivity index (χ0n) is 12.2. The number of nitrogens with one attached hydrogen (secondary N) is 1. The van der Waals surface area contributed by atoms with Crippen LogP contribution in [0.3, 0.4) is 0 Å². The van der Waals surface area contributed by atoms with Gasteiger partial charge in [0.25, 0.3) is 5.56 Å². The molecule has 20 heavy (non-hydrogen) atoms. The van der Waals surface area contributed by atoms with E-state index in [1.54, 1.807) is 6.07 Å². The van der Waals surface area contributed by atoms with Gasteiger partial charge in [0.2, 0.25) is 0 Å². The maximum Gasteiger partial charge on any atom is 0.251 e. The first kappa shape index (κ1) is 15.0. The van der Waals surface area contributed by atoms with Gasteiger partial charge in [0.05, 0.1) is 0 Å². The van der Waals surface area contributed by atoms with Gasteiger partial charge in [0.1, 0.15) is 5.82 Å². The molecule has 0 unspecified atom stereocenters. The summed E-state index contributed by atoms with van der Waals surface area (Å²) in [6.07, 6.45) is 0.811. The van der Waals surface area contributed by atoms with Crippen LogP contribution in [0.25, 0.3) is 11.4 Å². The Balaban J connectivity index is 2.52. The van der Waals surface area contributed by atoms with Gasteiger partial charge in [-0.3, -0.25) is 4.79 Å². The monoisotopic (exact) mass is 334 g/mol. The number of hydrogen-bond acceptors (Lipinski definition) is 2. The second-order valence-electron chi connectivity index (χ2n) is 5.61. The number of rotatable bonds is 3. The van der Waals surface area contributed by atoms with Gasteiger partial charge in [0, 0.05) is 21.8 Å². The molecule has 1 aromatic carbocycles. The van der Waals surface area contributed by atoms with Crippen LogP contribution >= 0.6 is 15.9 Å². The molecule has 0 spiro atoms. The maximum absolute atomic E-state index is 11.8. The summed E-state index contributed by atoms with van der Waals surface area (Å²) >= 11 is 3.56. The van der Waals surface area contributed by atoms with E-state index >= 15 is 0 Å². The summed E-state index contributed by atoms with van der Waals surface area (Å²) in [6, 6.07) is 5.66. The Morgan fingerprint density at radius 2 is 1.80 bits per heavy atom. The van der Waals surface area contributed by atoms with Gasteiger partial charge in [-0.05, 0) is 49.4 Å². The lowest BCUT2D eigenvalue weighted by molar-refractivity contribution is 0.634. The molecule has 0 bridgehead atoms. The summed E-state index contributed by atoms with van der Waals surface area (Å²) < 4.78 is 1.10. The molecule has 0 aliphatic carbocycles. The summed E-state index contributed by atoms with van der Waals surface area (Å²) in [5, 5.41) is 0. The number of aromatic nitrogens is 2. The Kier molecular flexibility index (Phi) is 4.43. The lowest BCUT2D eigenvalue weighted by Crippen LogP contribution is -2.12. The minimum atomic E-state index is -0.0936. The lowest BCUT2D eigenvalue weighted by atomic mass is 10.1. The molecule has 0 aliphatic heterocycles. The molecule has 106 valence electrons. The fourth-order valence-electron chi connectivity index (χ4n) is 2.25. The lowest BCUT2D eigenvalue weighted by Gasteiger charge is -2.09. The van der Waals surface area contributed by atoms with Crippen molar-refractivity contribution in [1.29, 1.82) is 0 Å². The summed E-state index contributed by atoms with van der Waals surface area (Å²) in [4.78, 5) is 19.2. The van der Waals surface area contributed by atoms with E-state index in [1.807, 2.05) is 26.0 Å². The zero-order valence-corrected chi connectivity index (χ0v) is 13.8. The number of aromatic amines is 1. The summed E-state index contributed by atoms with van der Waals surface area (Å²) in [5.74, 6) is 1.12. The van der Waals surface area contributed by atoms with Gasteiger partial charge in [-0.25, -0.2) is 4.98 Å². The fourth-order valence-corrected chi connectivity index (χ4v) is 2.48. The van der Waals surface area contributed by atoms with Crippen molar-refractivity contribution < 1.29 is 0 Å². The largest absolute Gasteiger partial charge is 0.307 e. The van der Waals surface area contributed by atoms with Gasteiger partial charge in [-0.2, -0.15) is 0 Å². The van der Waals surface area contributed by atoms with Gasteiger partial charge in [-0.1, -0.05) is 29.8 Å². The van der Waals surface area contributed by atoms with Crippen molar-refractivity contribution in [2.75, 3.05) is 0 Å². The third kappa shape index (κ3) is 3.37. The van der Waals surface area contributed by atoms with Crippen molar-refractivity contribution >= 4 is 15.9 Å². The second kappa shape index (κ2) is 5.92. The Morgan fingerprint density at radius 3 is 2.35 bits per heavy atom. The molecule has 1 aromatic heterocycles. The first-order chi connectivity index (χ1) is 9.36. The number of halogens is 1. The normalized spacial score (nSPS) is 11.1. The van der Waals surface area contributed by atoms with Gasteiger partial charge in [-0.15, -0.1) is 0 Å². The first-order valence-electron chi connectivity index (χ1n) is 6.74. The number of H-pyrrole nitrogens is 1. The van der Waals surface area contributed by atoms with Crippen LogP contribution in [-0.4, -0.2) is 9.97 Å². The standard InChI is InChI=1S/C16H19BrN2O/c1-9(2)5-13-8-14(20)19-16(18-13)12-6-10(3)15(17)11(4)7-12/h6-9H,5H2,1-4H3,(H,18,19,20). The van der Waals surface area contributed by atoms with E-state index in [-0.39, 0.29) is 5.56 Å². The molecule has 3 nitrogen and oxygen atoms in total. The van der Waals surface area contributed by atoms with E-state index in [0.29, 0.717) is 11.7 Å². The topological polar surface area (TPSA) is 45.8 Å². The third-order valence-corrected chi connectivity index (χ3v) is 4.37. The van der Waals surface area contributed by atoms with Crippen LogP contribution < -0.4 is 5.56 Å². The van der Waals surface area contributed by atoms with Gasteiger partial charge in [0.15, 0.2) is 0 Å². The van der Waals surface area contributed by atoms with Gasteiger partial charge >= 0.3 is 0 Å². The van der Waals surface area contributed by atoms with Gasteiger partial charge < -0.3 is 4.98 Å². The molecule has 2 aromatic rings. The summed E-state index contributed by atoms with van der Waals surface area (Å²) in [5.41, 5.74) is 3.97. The van der Waals surface area contributed by atoms with Crippen molar-refractivity contribution in [2.24, 2.45) is 5.92 Å². The zero-order chi connectivity index (χ0) is 14.9. The smallest absolute Gasteiger partial charge is 0.251 e. The van der Waals surface area contributed by atoms with Crippen molar-refractivity contribution in [3.8, 4) is 11.4 Å². The number of benzene rings is 1. The molecule has 0 radical (unpaired) electrons. The highest BCUT2D eigenvalue weighted by Crippen LogP contribution is 2.26. The van der Waals surface area contributed by atoms with Crippen LogP contribution in [0.5, 0.6) is 0 Å². The third-order valence-electron chi connectivity index (χ3n) is 3.12. The predicted molar refractivity (Wildman–Crippen MR) is 86.0 cm³/mol. The van der Waals surface area contributed by atoms with Crippen LogP contribution in [0, 0.1) is 19.8 Å². The molecular weight excluding hydrogens is 316 g/mol. The minimum absolute atomic E-state index is 0.0936. The minimum Gasteiger partial charge on any atom is -0.307 e. The highest BCUT2D eigenvalue weighted by atomic mass is 79.9. The molecule has 4 heteroatoms. The fraction of sp³-hybridized carbons (Fsp3) is 0.375. The maximum atomic E-state index is 11.8. The van der Waals surface area contributed by atoms with E-state index in [2.05, 4.69) is 39.7 Å². The molecule has 1 N–H and O–H groups in total. The molecule has 0 amide bonds. The first-order valence-corrected chi connectivity index (χ1v) is 7.53. The highest BCUT2D eigenvalue weighted by molar-refractivity contribution is 9.10. The van der Waals surface area contributed by atoms with Crippen LogP contribution in [0.2, 0.25) is 0 Å². The Morgan fingerprint density at radius 1 is 1.20 bits per heavy atom. The average Bonchev–Trinajstić information content (AvgIpc) is 2.33. The van der Waals surface area contributed by atoms with Crippen molar-refractivity contribution in [3.63, 3.8) is 0 Å². The van der Waals surface area contributed by atoms with E-state index in [9.17, 15) is 4.79 Å². The average molecular weight is 335 g/mol. The van der Waals surface area contributed by atoms with Crippen molar-refractivity contribution in [2.45, 2.75) is 34.1 Å². The summed E-state index contributed by atoms with van der Waals surface area (Å²) in [7, 11) is 0.